The van der Waals surface area contributed by atoms with Crippen LogP contribution in [0.1, 0.15) is 12.2 Å². The van der Waals surface area contributed by atoms with Crippen molar-refractivity contribution in [1.29, 1.82) is 0 Å². The minimum absolute atomic E-state index is 0.0300. The molecule has 1 aromatic heterocycles. The van der Waals surface area contributed by atoms with Crippen molar-refractivity contribution in [1.82, 2.24) is 5.01 Å². The molecule has 7 rings (SSSR count). The smallest absolute Gasteiger partial charge is 0.270 e. The van der Waals surface area contributed by atoms with Crippen LogP contribution in [0.5, 0.6) is 0 Å². The van der Waals surface area contributed by atoms with E-state index in [1.807, 2.05) is 0 Å². The molecule has 5 aliphatic rings. The number of nitrogens with zero attached hydrogens (tertiary/aromatic N) is 3. The number of hydrazone groups is 1. The van der Waals surface area contributed by atoms with E-state index in [1.54, 1.807) is 18.2 Å². The molecule has 8 nitrogen and oxygen atoms in total. The van der Waals surface area contributed by atoms with Crippen LogP contribution in [0.25, 0.3) is 11.3 Å². The molecule has 1 saturated heterocycles. The fraction of sp³-hybridized carbons (Fsp3) is 0.318. The third-order valence-corrected chi connectivity index (χ3v) is 7.65. The van der Waals surface area contributed by atoms with Crippen LogP contribution in [0.15, 0.2) is 56.5 Å². The molecule has 0 N–H and O–H groups in total. The third-order valence-electron chi connectivity index (χ3n) is 7.00. The monoisotopic (exact) mass is 481 g/mol. The van der Waals surface area contributed by atoms with E-state index in [-0.39, 0.29) is 41.2 Å². The molecule has 9 heteroatoms. The van der Waals surface area contributed by atoms with Crippen molar-refractivity contribution in [2.24, 2.45) is 40.6 Å². The summed E-state index contributed by atoms with van der Waals surface area (Å²) in [6.07, 6.45) is 6.73. The van der Waals surface area contributed by atoms with E-state index >= 15 is 0 Å². The van der Waals surface area contributed by atoms with Gasteiger partial charge in [-0.05, 0) is 64.2 Å². The molecule has 0 unspecified atom stereocenters. The zero-order valence-corrected chi connectivity index (χ0v) is 17.6. The van der Waals surface area contributed by atoms with Crippen LogP contribution < -0.4 is 0 Å². The molecule has 0 spiro atoms. The lowest BCUT2D eigenvalue weighted by atomic mass is 9.63. The second-order valence-corrected chi connectivity index (χ2v) is 9.37. The van der Waals surface area contributed by atoms with Crippen LogP contribution >= 0.6 is 15.9 Å². The number of halogens is 1. The quantitative estimate of drug-likeness (QED) is 0.215. The molecule has 6 atom stereocenters. The molecule has 2 amide bonds. The molecule has 156 valence electrons. The van der Waals surface area contributed by atoms with Crippen LogP contribution in [0.3, 0.4) is 0 Å². The SMILES string of the molecule is O=C1[C@H]2[C@@H]3C=C[C@H]([C@H]4C[C@H]34)[C@@H]2C(=O)N1/N=C/c1ccc(-c2ccc([N+](=O)[O-])cc2Br)o1. The number of non-ortho nitro benzene ring substituents is 1. The first-order valence-electron chi connectivity index (χ1n) is 10.1. The molecule has 1 aliphatic heterocycles. The Hall–Kier alpha value is -3.07. The number of carbonyl (C=O) groups is 2. The van der Waals surface area contributed by atoms with Gasteiger partial charge in [0.1, 0.15) is 11.5 Å². The third kappa shape index (κ3) is 2.69. The van der Waals surface area contributed by atoms with Gasteiger partial charge in [-0.15, -0.1) is 0 Å². The summed E-state index contributed by atoms with van der Waals surface area (Å²) >= 11 is 3.33. The molecule has 2 heterocycles. The first-order chi connectivity index (χ1) is 14.9. The van der Waals surface area contributed by atoms with E-state index in [9.17, 15) is 19.7 Å². The van der Waals surface area contributed by atoms with Gasteiger partial charge in [0.15, 0.2) is 0 Å². The molecule has 1 aromatic carbocycles. The molecular formula is C22H16BrN3O5. The average Bonchev–Trinajstić information content (AvgIpc) is 3.40. The number of benzene rings is 1. The highest BCUT2D eigenvalue weighted by molar-refractivity contribution is 9.10. The zero-order valence-electron chi connectivity index (χ0n) is 16.1. The first kappa shape index (κ1) is 18.7. The van der Waals surface area contributed by atoms with Gasteiger partial charge in [0.2, 0.25) is 0 Å². The summed E-state index contributed by atoms with van der Waals surface area (Å²) in [5, 5.41) is 16.1. The molecule has 31 heavy (non-hydrogen) atoms. The van der Waals surface area contributed by atoms with E-state index in [0.29, 0.717) is 33.4 Å². The van der Waals surface area contributed by atoms with Gasteiger partial charge >= 0.3 is 0 Å². The molecule has 2 bridgehead atoms. The van der Waals surface area contributed by atoms with E-state index in [2.05, 4.69) is 33.2 Å². The summed E-state index contributed by atoms with van der Waals surface area (Å²) < 4.78 is 6.29. The van der Waals surface area contributed by atoms with Gasteiger partial charge < -0.3 is 4.42 Å². The molecular weight excluding hydrogens is 466 g/mol. The first-order valence-corrected chi connectivity index (χ1v) is 10.9. The van der Waals surface area contributed by atoms with Crippen molar-refractivity contribution < 1.29 is 18.9 Å². The van der Waals surface area contributed by atoms with Crippen LogP contribution in [0.4, 0.5) is 5.69 Å². The number of furan rings is 1. The Bertz CT molecular complexity index is 1180. The topological polar surface area (TPSA) is 106 Å². The van der Waals surface area contributed by atoms with Crippen molar-refractivity contribution in [3.05, 3.63) is 62.8 Å². The second-order valence-electron chi connectivity index (χ2n) is 8.51. The summed E-state index contributed by atoms with van der Waals surface area (Å²) in [6.45, 7) is 0. The number of nitro benzene ring substituents is 1. The Labute approximate surface area is 184 Å². The normalized spacial score (nSPS) is 32.6. The van der Waals surface area contributed by atoms with Crippen molar-refractivity contribution in [2.75, 3.05) is 0 Å². The van der Waals surface area contributed by atoms with Gasteiger partial charge in [0.05, 0.1) is 23.0 Å². The zero-order chi connectivity index (χ0) is 21.4. The van der Waals surface area contributed by atoms with Gasteiger partial charge in [-0.25, -0.2) is 0 Å². The van der Waals surface area contributed by atoms with Crippen LogP contribution in [0, 0.1) is 45.6 Å². The lowest BCUT2D eigenvalue weighted by molar-refractivity contribution is -0.384. The highest BCUT2D eigenvalue weighted by atomic mass is 79.9. The molecule has 0 radical (unpaired) electrons. The Balaban J connectivity index is 1.23. The number of allylic oxidation sites excluding steroid dienone is 2. The molecule has 4 aliphatic carbocycles. The summed E-state index contributed by atoms with van der Waals surface area (Å²) in [4.78, 5) is 36.3. The maximum atomic E-state index is 12.9. The van der Waals surface area contributed by atoms with Crippen molar-refractivity contribution >= 4 is 39.6 Å². The largest absolute Gasteiger partial charge is 0.455 e. The van der Waals surface area contributed by atoms with Gasteiger partial charge in [-0.2, -0.15) is 10.1 Å². The minimum atomic E-state index is -0.471. The number of amides is 2. The fourth-order valence-corrected chi connectivity index (χ4v) is 6.12. The van der Waals surface area contributed by atoms with E-state index in [0.717, 1.165) is 11.4 Å². The van der Waals surface area contributed by atoms with Crippen LogP contribution in [0.2, 0.25) is 0 Å². The number of hydrogen-bond donors (Lipinski definition) is 0. The van der Waals surface area contributed by atoms with E-state index in [1.165, 1.54) is 18.3 Å². The minimum Gasteiger partial charge on any atom is -0.455 e. The fourth-order valence-electron chi connectivity index (χ4n) is 5.55. The number of carbonyl (C=O) groups excluding carboxylic acids is 2. The average molecular weight is 482 g/mol. The van der Waals surface area contributed by atoms with Crippen LogP contribution in [-0.4, -0.2) is 28.0 Å². The summed E-state index contributed by atoms with van der Waals surface area (Å²) in [5.41, 5.74) is 0.615. The highest BCUT2D eigenvalue weighted by Gasteiger charge is 2.67. The highest BCUT2D eigenvalue weighted by Crippen LogP contribution is 2.65. The number of nitro groups is 1. The lowest BCUT2D eigenvalue weighted by Crippen LogP contribution is -2.40. The van der Waals surface area contributed by atoms with E-state index < -0.39 is 4.92 Å². The Kier molecular flexibility index (Phi) is 3.89. The molecule has 3 fully saturated rings. The maximum Gasteiger partial charge on any atom is 0.270 e. The molecule has 2 saturated carbocycles. The number of hydrogen-bond acceptors (Lipinski definition) is 6. The Morgan fingerprint density at radius 3 is 2.39 bits per heavy atom. The van der Waals surface area contributed by atoms with Crippen molar-refractivity contribution in [2.45, 2.75) is 6.42 Å². The number of imide groups is 1. The predicted octanol–water partition coefficient (Wildman–Crippen LogP) is 4.00. The van der Waals surface area contributed by atoms with Crippen LogP contribution in [-0.2, 0) is 9.59 Å². The van der Waals surface area contributed by atoms with E-state index in [4.69, 9.17) is 4.42 Å². The maximum absolute atomic E-state index is 12.9. The van der Waals surface area contributed by atoms with Gasteiger partial charge in [0, 0.05) is 22.2 Å². The Morgan fingerprint density at radius 2 is 1.77 bits per heavy atom. The number of rotatable bonds is 4. The lowest BCUT2D eigenvalue weighted by Gasteiger charge is -2.37. The second kappa shape index (κ2) is 6.46. The summed E-state index contributed by atoms with van der Waals surface area (Å²) in [7, 11) is 0. The Morgan fingerprint density at radius 1 is 1.10 bits per heavy atom. The molecule has 2 aromatic rings. The summed E-state index contributed by atoms with van der Waals surface area (Å²) in [6, 6.07) is 7.77. The predicted molar refractivity (Wildman–Crippen MR) is 113 cm³/mol. The standard InChI is InChI=1S/C22H16BrN3O5/c23-17-7-10(26(29)30)1-3-14(17)18-6-2-11(31-18)9-24-25-21(27)19-12-4-5-13(16-8-15(12)16)20(19)22(25)28/h1-7,9,12-13,15-16,19-20H,8H2/b24-9+/t12-,13-,15-,16-,19+,20+/m1/s1. The summed E-state index contributed by atoms with van der Waals surface area (Å²) in [5.74, 6) is 1.25. The van der Waals surface area contributed by atoms with Crippen molar-refractivity contribution in [3.8, 4) is 11.3 Å². The van der Waals surface area contributed by atoms with Gasteiger partial charge in [0.25, 0.3) is 17.5 Å². The van der Waals surface area contributed by atoms with Gasteiger partial charge in [-0.3, -0.25) is 19.7 Å². The van der Waals surface area contributed by atoms with Crippen molar-refractivity contribution in [3.63, 3.8) is 0 Å². The van der Waals surface area contributed by atoms with Gasteiger partial charge in [-0.1, -0.05) is 12.2 Å².